The van der Waals surface area contributed by atoms with Crippen molar-refractivity contribution >= 4 is 11.8 Å². The lowest BCUT2D eigenvalue weighted by Gasteiger charge is -2.50. The molecule has 0 N–H and O–H groups in total. The van der Waals surface area contributed by atoms with Crippen LogP contribution in [0.15, 0.2) is 34.9 Å². The van der Waals surface area contributed by atoms with E-state index in [2.05, 4.69) is 19.9 Å². The van der Waals surface area contributed by atoms with E-state index in [1.54, 1.807) is 18.6 Å². The fourth-order valence-corrected chi connectivity index (χ4v) is 6.71. The van der Waals surface area contributed by atoms with E-state index in [1.165, 1.54) is 11.1 Å². The van der Waals surface area contributed by atoms with Gasteiger partial charge in [0.15, 0.2) is 0 Å². The van der Waals surface area contributed by atoms with E-state index in [1.807, 2.05) is 19.9 Å². The number of rotatable bonds is 1. The number of allylic oxidation sites excluding steroid dienone is 4. The van der Waals surface area contributed by atoms with Crippen LogP contribution < -0.4 is 0 Å². The Labute approximate surface area is 162 Å². The van der Waals surface area contributed by atoms with Crippen LogP contribution in [0.1, 0.15) is 73.1 Å². The maximum atomic E-state index is 12.3. The van der Waals surface area contributed by atoms with E-state index >= 15 is 0 Å². The highest BCUT2D eigenvalue weighted by atomic mass is 16.6. The Kier molecular flexibility index (Phi) is 4.11. The van der Waals surface area contributed by atoms with Crippen LogP contribution in [0.2, 0.25) is 0 Å². The molecule has 27 heavy (non-hydrogen) atoms. The van der Waals surface area contributed by atoms with Crippen LogP contribution >= 0.6 is 0 Å². The number of Topliss-reactive ketones (excluding diaryl/α,β-unsaturated/α-hetero) is 1. The van der Waals surface area contributed by atoms with Crippen molar-refractivity contribution < 1.29 is 14.3 Å². The van der Waals surface area contributed by atoms with Gasteiger partial charge in [-0.3, -0.25) is 4.79 Å². The van der Waals surface area contributed by atoms with Gasteiger partial charge in [-0.1, -0.05) is 31.6 Å². The zero-order chi connectivity index (χ0) is 19.6. The normalized spacial score (nSPS) is 40.2. The number of carbonyl (C=O) groups is 2. The lowest BCUT2D eigenvalue weighted by Crippen LogP contribution is -2.43. The van der Waals surface area contributed by atoms with Gasteiger partial charge >= 0.3 is 5.97 Å². The van der Waals surface area contributed by atoms with Gasteiger partial charge in [0.25, 0.3) is 0 Å². The number of ether oxygens (including phenoxy) is 1. The molecule has 1 fully saturated rings. The van der Waals surface area contributed by atoms with Crippen LogP contribution in [0.25, 0.3) is 0 Å². The van der Waals surface area contributed by atoms with Crippen molar-refractivity contribution in [2.75, 3.05) is 0 Å². The molecule has 0 aromatic carbocycles. The van der Waals surface area contributed by atoms with Gasteiger partial charge in [0, 0.05) is 17.9 Å². The van der Waals surface area contributed by atoms with Crippen LogP contribution in [-0.4, -0.2) is 17.4 Å². The first-order valence-electron chi connectivity index (χ1n) is 10.4. The lowest BCUT2D eigenvalue weighted by atomic mass is 9.54. The molecule has 0 radical (unpaired) electrons. The number of esters is 1. The topological polar surface area (TPSA) is 43.4 Å². The van der Waals surface area contributed by atoms with Crippen molar-refractivity contribution in [3.8, 4) is 0 Å². The molecule has 0 spiro atoms. The fourth-order valence-electron chi connectivity index (χ4n) is 6.71. The van der Waals surface area contributed by atoms with Gasteiger partial charge in [0.2, 0.25) is 0 Å². The molecule has 3 heteroatoms. The first-order chi connectivity index (χ1) is 12.6. The maximum absolute atomic E-state index is 12.3. The predicted octanol–water partition coefficient (Wildman–Crippen LogP) is 5.32. The Balaban J connectivity index is 1.78. The minimum atomic E-state index is -0.497. The summed E-state index contributed by atoms with van der Waals surface area (Å²) in [6, 6.07) is 0. The largest absolute Gasteiger partial charge is 0.456 e. The van der Waals surface area contributed by atoms with Crippen LogP contribution in [0, 0.1) is 22.7 Å². The second-order valence-corrected chi connectivity index (χ2v) is 10.0. The Bertz CT molecular complexity index is 796. The van der Waals surface area contributed by atoms with Gasteiger partial charge in [-0.2, -0.15) is 0 Å². The van der Waals surface area contributed by atoms with Crippen molar-refractivity contribution in [3.05, 3.63) is 34.9 Å². The summed E-state index contributed by atoms with van der Waals surface area (Å²) in [4.78, 5) is 24.3. The van der Waals surface area contributed by atoms with E-state index in [9.17, 15) is 9.59 Å². The molecule has 0 amide bonds. The molecule has 4 unspecified atom stereocenters. The van der Waals surface area contributed by atoms with Gasteiger partial charge in [-0.15, -0.1) is 0 Å². The average molecular weight is 369 g/mol. The van der Waals surface area contributed by atoms with Crippen LogP contribution in [0.5, 0.6) is 0 Å². The quantitative estimate of drug-likeness (QED) is 0.589. The molecule has 0 saturated heterocycles. The van der Waals surface area contributed by atoms with E-state index in [0.29, 0.717) is 5.78 Å². The number of cyclic esters (lactones) is 1. The summed E-state index contributed by atoms with van der Waals surface area (Å²) >= 11 is 0. The number of carbonyl (C=O) groups excluding carboxylic acids is 2. The van der Waals surface area contributed by atoms with Crippen molar-refractivity contribution in [2.24, 2.45) is 22.7 Å². The third kappa shape index (κ3) is 2.61. The highest BCUT2D eigenvalue weighted by Crippen LogP contribution is 2.66. The monoisotopic (exact) mass is 368 g/mol. The molecule has 4 aliphatic rings. The molecule has 0 aromatic heterocycles. The maximum Gasteiger partial charge on any atom is 0.331 e. The van der Waals surface area contributed by atoms with Gasteiger partial charge in [-0.25, -0.2) is 4.79 Å². The first-order valence-corrected chi connectivity index (χ1v) is 10.4. The summed E-state index contributed by atoms with van der Waals surface area (Å²) < 4.78 is 5.73. The lowest BCUT2D eigenvalue weighted by molar-refractivity contribution is -0.153. The third-order valence-electron chi connectivity index (χ3n) is 8.46. The number of hydrogen-bond donors (Lipinski definition) is 0. The molecule has 0 bridgehead atoms. The zero-order valence-corrected chi connectivity index (χ0v) is 17.4. The Morgan fingerprint density at radius 3 is 2.52 bits per heavy atom. The number of fused-ring (bicyclic) bond motifs is 3. The van der Waals surface area contributed by atoms with E-state index in [-0.39, 0.29) is 28.6 Å². The van der Waals surface area contributed by atoms with Crippen molar-refractivity contribution in [1.29, 1.82) is 0 Å². The Hall–Kier alpha value is -1.64. The second kappa shape index (κ2) is 5.93. The Morgan fingerprint density at radius 2 is 1.81 bits per heavy atom. The summed E-state index contributed by atoms with van der Waals surface area (Å²) in [5.41, 5.74) is 3.91. The van der Waals surface area contributed by atoms with E-state index in [4.69, 9.17) is 4.74 Å². The summed E-state index contributed by atoms with van der Waals surface area (Å²) in [6.45, 7) is 10.6. The van der Waals surface area contributed by atoms with E-state index in [0.717, 1.165) is 38.5 Å². The summed E-state index contributed by atoms with van der Waals surface area (Å²) in [5, 5.41) is 0. The van der Waals surface area contributed by atoms with Gasteiger partial charge in [-0.05, 0) is 81.3 Å². The number of ketones is 1. The molecule has 1 aliphatic heterocycles. The van der Waals surface area contributed by atoms with Gasteiger partial charge < -0.3 is 4.74 Å². The summed E-state index contributed by atoms with van der Waals surface area (Å²) in [7, 11) is 0. The molecule has 3 nitrogen and oxygen atoms in total. The fraction of sp³-hybridized carbons (Fsp3) is 0.667. The molecule has 4 rings (SSSR count). The van der Waals surface area contributed by atoms with Gasteiger partial charge in [0.05, 0.1) is 0 Å². The standard InChI is InChI=1S/C24H32O3/c1-15(25)18-11-13-24(5)20-8-7-19-16(6-9-21(26)27-22(19,2)3)14-17(20)10-12-23(18,24)4/h6,9,14,18-19H,7-8,10-13H2,1-5H3. The van der Waals surface area contributed by atoms with Crippen molar-refractivity contribution in [3.63, 3.8) is 0 Å². The van der Waals surface area contributed by atoms with Crippen LogP contribution in [0.3, 0.4) is 0 Å². The molecule has 146 valence electrons. The van der Waals surface area contributed by atoms with Crippen LogP contribution in [-0.2, 0) is 14.3 Å². The van der Waals surface area contributed by atoms with Crippen molar-refractivity contribution in [1.82, 2.24) is 0 Å². The molecular formula is C24H32O3. The third-order valence-corrected chi connectivity index (χ3v) is 8.46. The predicted molar refractivity (Wildman–Crippen MR) is 106 cm³/mol. The minimum absolute atomic E-state index is 0.0698. The molecule has 1 heterocycles. The summed E-state index contributed by atoms with van der Waals surface area (Å²) in [6.07, 6.45) is 12.1. The first kappa shape index (κ1) is 18.7. The molecule has 3 aliphatic carbocycles. The molecule has 1 saturated carbocycles. The number of hydrogen-bond acceptors (Lipinski definition) is 3. The molecule has 4 atom stereocenters. The minimum Gasteiger partial charge on any atom is -0.456 e. The highest BCUT2D eigenvalue weighted by molar-refractivity contribution is 5.83. The van der Waals surface area contributed by atoms with Crippen LogP contribution in [0.4, 0.5) is 0 Å². The smallest absolute Gasteiger partial charge is 0.331 e. The Morgan fingerprint density at radius 1 is 1.07 bits per heavy atom. The SMILES string of the molecule is CC(=O)C1CCC2(C)C3=C(C=C4C=CC(=O)OC(C)(C)C4CC3)CCC12C. The summed E-state index contributed by atoms with van der Waals surface area (Å²) in [5.74, 6) is 0.519. The molecular weight excluding hydrogens is 336 g/mol. The van der Waals surface area contributed by atoms with Gasteiger partial charge in [0.1, 0.15) is 11.4 Å². The average Bonchev–Trinajstić information content (AvgIpc) is 2.69. The second-order valence-electron chi connectivity index (χ2n) is 10.0. The van der Waals surface area contributed by atoms with Crippen molar-refractivity contribution in [2.45, 2.75) is 78.7 Å². The van der Waals surface area contributed by atoms with E-state index < -0.39 is 5.60 Å². The zero-order valence-electron chi connectivity index (χ0n) is 17.4. The highest BCUT2D eigenvalue weighted by Gasteiger charge is 2.59. The molecule has 0 aromatic rings.